The molecule has 1 aromatic carbocycles. The van der Waals surface area contributed by atoms with E-state index < -0.39 is 11.8 Å². The molecular weight excluding hydrogens is 265 g/mol. The van der Waals surface area contributed by atoms with Crippen LogP contribution in [0.3, 0.4) is 0 Å². The number of thioether (sulfide) groups is 1. The van der Waals surface area contributed by atoms with Crippen LogP contribution in [0.4, 0.5) is 4.39 Å². The molecule has 0 aliphatic rings. The Kier molecular flexibility index (Phi) is 4.52. The van der Waals surface area contributed by atoms with Gasteiger partial charge in [-0.25, -0.2) is 9.18 Å². The molecule has 5 heteroatoms. The van der Waals surface area contributed by atoms with Crippen molar-refractivity contribution in [3.05, 3.63) is 59.7 Å². The molecule has 0 atom stereocenters. The second-order valence-corrected chi connectivity index (χ2v) is 5.07. The van der Waals surface area contributed by atoms with Gasteiger partial charge in [-0.05, 0) is 42.3 Å². The largest absolute Gasteiger partial charge is 0.478 e. The Morgan fingerprint density at radius 2 is 2.00 bits per heavy atom. The fourth-order valence-corrected chi connectivity index (χ4v) is 2.53. The molecule has 2 aromatic rings. The van der Waals surface area contributed by atoms with E-state index in [-0.39, 0.29) is 5.56 Å². The van der Waals surface area contributed by atoms with Crippen molar-refractivity contribution in [2.24, 2.45) is 0 Å². The standard InChI is InChI=1S/C14H12FNO2S/c15-13-2-1-11(9-12(13)14(17)18)19-8-5-10-3-6-16-7-4-10/h1-4,6-7,9H,5,8H2,(H,17,18). The lowest BCUT2D eigenvalue weighted by atomic mass is 10.2. The van der Waals surface area contributed by atoms with Gasteiger partial charge in [-0.15, -0.1) is 11.8 Å². The Morgan fingerprint density at radius 3 is 2.68 bits per heavy atom. The number of hydrogen-bond donors (Lipinski definition) is 1. The molecule has 0 saturated heterocycles. The number of carbonyl (C=O) groups is 1. The molecule has 0 radical (unpaired) electrons. The highest BCUT2D eigenvalue weighted by atomic mass is 32.2. The molecule has 0 aliphatic carbocycles. The van der Waals surface area contributed by atoms with Crippen molar-refractivity contribution in [1.29, 1.82) is 0 Å². The van der Waals surface area contributed by atoms with Crippen LogP contribution in [0.25, 0.3) is 0 Å². The average Bonchev–Trinajstić information content (AvgIpc) is 2.41. The molecular formula is C14H12FNO2S. The van der Waals surface area contributed by atoms with Crippen molar-refractivity contribution >= 4 is 17.7 Å². The number of rotatable bonds is 5. The van der Waals surface area contributed by atoms with E-state index in [2.05, 4.69) is 4.98 Å². The normalized spacial score (nSPS) is 10.4. The van der Waals surface area contributed by atoms with Gasteiger partial charge in [0, 0.05) is 23.0 Å². The Bertz CT molecular complexity index is 575. The summed E-state index contributed by atoms with van der Waals surface area (Å²) in [5.41, 5.74) is 0.886. The van der Waals surface area contributed by atoms with Gasteiger partial charge in [-0.2, -0.15) is 0 Å². The summed E-state index contributed by atoms with van der Waals surface area (Å²) in [6.07, 6.45) is 4.33. The number of hydrogen-bond acceptors (Lipinski definition) is 3. The van der Waals surface area contributed by atoms with Crippen molar-refractivity contribution < 1.29 is 14.3 Å². The van der Waals surface area contributed by atoms with Crippen LogP contribution in [0, 0.1) is 5.82 Å². The monoisotopic (exact) mass is 277 g/mol. The molecule has 0 aliphatic heterocycles. The number of halogens is 1. The molecule has 3 nitrogen and oxygen atoms in total. The molecule has 1 aromatic heterocycles. The highest BCUT2D eigenvalue weighted by Crippen LogP contribution is 2.22. The first-order valence-electron chi connectivity index (χ1n) is 5.71. The lowest BCUT2D eigenvalue weighted by molar-refractivity contribution is 0.0691. The number of aromatic carboxylic acids is 1. The number of carboxylic acid groups (broad SMARTS) is 1. The third-order valence-electron chi connectivity index (χ3n) is 2.58. The Hall–Kier alpha value is -1.88. The maximum atomic E-state index is 13.2. The van der Waals surface area contributed by atoms with E-state index >= 15 is 0 Å². The predicted molar refractivity (Wildman–Crippen MR) is 72.0 cm³/mol. The highest BCUT2D eigenvalue weighted by molar-refractivity contribution is 7.99. The maximum Gasteiger partial charge on any atom is 0.338 e. The van der Waals surface area contributed by atoms with Gasteiger partial charge in [0.1, 0.15) is 5.82 Å². The van der Waals surface area contributed by atoms with Gasteiger partial charge >= 0.3 is 5.97 Å². The number of nitrogens with zero attached hydrogens (tertiary/aromatic N) is 1. The average molecular weight is 277 g/mol. The van der Waals surface area contributed by atoms with E-state index in [9.17, 15) is 9.18 Å². The zero-order valence-corrected chi connectivity index (χ0v) is 10.9. The van der Waals surface area contributed by atoms with Crippen LogP contribution in [0.5, 0.6) is 0 Å². The van der Waals surface area contributed by atoms with Crippen LogP contribution in [-0.2, 0) is 6.42 Å². The molecule has 0 amide bonds. The van der Waals surface area contributed by atoms with E-state index in [0.717, 1.165) is 17.1 Å². The topological polar surface area (TPSA) is 50.2 Å². The first-order valence-corrected chi connectivity index (χ1v) is 6.70. The molecule has 0 unspecified atom stereocenters. The van der Waals surface area contributed by atoms with Gasteiger partial charge in [0.25, 0.3) is 0 Å². The lowest BCUT2D eigenvalue weighted by Crippen LogP contribution is -2.00. The zero-order valence-electron chi connectivity index (χ0n) is 10.0. The summed E-state index contributed by atoms with van der Waals surface area (Å²) in [6.45, 7) is 0. The summed E-state index contributed by atoms with van der Waals surface area (Å²) in [6, 6.07) is 8.04. The first kappa shape index (κ1) is 13.5. The van der Waals surface area contributed by atoms with Crippen LogP contribution in [0.2, 0.25) is 0 Å². The van der Waals surface area contributed by atoms with Crippen molar-refractivity contribution in [2.75, 3.05) is 5.75 Å². The Balaban J connectivity index is 1.97. The molecule has 0 spiro atoms. The molecule has 1 N–H and O–H groups in total. The first-order chi connectivity index (χ1) is 9.16. The number of aromatic nitrogens is 1. The van der Waals surface area contributed by atoms with Crippen LogP contribution in [-0.4, -0.2) is 21.8 Å². The SMILES string of the molecule is O=C(O)c1cc(SCCc2ccncc2)ccc1F. The second-order valence-electron chi connectivity index (χ2n) is 3.90. The summed E-state index contributed by atoms with van der Waals surface area (Å²) < 4.78 is 13.2. The molecule has 98 valence electrons. The van der Waals surface area contributed by atoms with Gasteiger partial charge in [0.05, 0.1) is 5.56 Å². The van der Waals surface area contributed by atoms with Crippen molar-refractivity contribution in [2.45, 2.75) is 11.3 Å². The van der Waals surface area contributed by atoms with Gasteiger partial charge < -0.3 is 5.11 Å². The molecule has 0 fully saturated rings. The van der Waals surface area contributed by atoms with Gasteiger partial charge in [0.2, 0.25) is 0 Å². The summed E-state index contributed by atoms with van der Waals surface area (Å²) in [4.78, 5) is 15.5. The number of benzene rings is 1. The van der Waals surface area contributed by atoms with Crippen LogP contribution in [0.1, 0.15) is 15.9 Å². The van der Waals surface area contributed by atoms with E-state index in [1.165, 1.54) is 29.5 Å². The van der Waals surface area contributed by atoms with Gasteiger partial charge in [-0.3, -0.25) is 4.98 Å². The minimum atomic E-state index is -1.24. The van der Waals surface area contributed by atoms with Crippen molar-refractivity contribution in [3.63, 3.8) is 0 Å². The summed E-state index contributed by atoms with van der Waals surface area (Å²) in [5, 5.41) is 8.84. The minimum absolute atomic E-state index is 0.283. The predicted octanol–water partition coefficient (Wildman–Crippen LogP) is 3.25. The number of aryl methyl sites for hydroxylation is 1. The zero-order chi connectivity index (χ0) is 13.7. The molecule has 0 bridgehead atoms. The van der Waals surface area contributed by atoms with E-state index in [1.54, 1.807) is 18.5 Å². The van der Waals surface area contributed by atoms with E-state index in [0.29, 0.717) is 0 Å². The third-order valence-corrected chi connectivity index (χ3v) is 3.57. The smallest absolute Gasteiger partial charge is 0.338 e. The maximum absolute atomic E-state index is 13.2. The minimum Gasteiger partial charge on any atom is -0.478 e. The fraction of sp³-hybridized carbons (Fsp3) is 0.143. The van der Waals surface area contributed by atoms with E-state index in [1.807, 2.05) is 12.1 Å². The summed E-state index contributed by atoms with van der Waals surface area (Å²) >= 11 is 1.51. The quantitative estimate of drug-likeness (QED) is 0.852. The Labute approximate surface area is 114 Å². The fourth-order valence-electron chi connectivity index (χ4n) is 1.59. The van der Waals surface area contributed by atoms with Gasteiger partial charge in [0.15, 0.2) is 0 Å². The number of carboxylic acids is 1. The van der Waals surface area contributed by atoms with Gasteiger partial charge in [-0.1, -0.05) is 0 Å². The Morgan fingerprint density at radius 1 is 1.26 bits per heavy atom. The van der Waals surface area contributed by atoms with Crippen molar-refractivity contribution in [1.82, 2.24) is 4.98 Å². The third kappa shape index (κ3) is 3.79. The molecule has 2 rings (SSSR count). The second kappa shape index (κ2) is 6.33. The molecule has 19 heavy (non-hydrogen) atoms. The molecule has 0 saturated carbocycles. The van der Waals surface area contributed by atoms with Crippen LogP contribution in [0.15, 0.2) is 47.6 Å². The number of pyridine rings is 1. The lowest BCUT2D eigenvalue weighted by Gasteiger charge is -2.04. The summed E-state index contributed by atoms with van der Waals surface area (Å²) in [5.74, 6) is -1.14. The molecule has 1 heterocycles. The van der Waals surface area contributed by atoms with E-state index in [4.69, 9.17) is 5.11 Å². The van der Waals surface area contributed by atoms with Crippen LogP contribution < -0.4 is 0 Å². The summed E-state index contributed by atoms with van der Waals surface area (Å²) in [7, 11) is 0. The van der Waals surface area contributed by atoms with Crippen LogP contribution >= 0.6 is 11.8 Å². The highest BCUT2D eigenvalue weighted by Gasteiger charge is 2.10. The van der Waals surface area contributed by atoms with Crippen molar-refractivity contribution in [3.8, 4) is 0 Å².